The lowest BCUT2D eigenvalue weighted by molar-refractivity contribution is -0.158. The van der Waals surface area contributed by atoms with Crippen LogP contribution in [0.25, 0.3) is 33.4 Å². The first-order valence-electron chi connectivity index (χ1n) is 28.8. The van der Waals surface area contributed by atoms with Crippen LogP contribution >= 0.6 is 11.3 Å². The van der Waals surface area contributed by atoms with Crippen molar-refractivity contribution in [1.82, 2.24) is 40.1 Å². The van der Waals surface area contributed by atoms with E-state index in [0.29, 0.717) is 88.2 Å². The minimum Gasteiger partial charge on any atom is -0.464 e. The molecule has 2 N–H and O–H groups in total. The van der Waals surface area contributed by atoms with E-state index in [-0.39, 0.29) is 48.2 Å². The van der Waals surface area contributed by atoms with E-state index in [1.807, 2.05) is 25.4 Å². The van der Waals surface area contributed by atoms with Crippen molar-refractivity contribution in [1.29, 1.82) is 0 Å². The molecular formula is C58H79N9O10S2. The van der Waals surface area contributed by atoms with Gasteiger partial charge >= 0.3 is 5.97 Å². The summed E-state index contributed by atoms with van der Waals surface area (Å²) in [6.45, 7) is 17.0. The van der Waals surface area contributed by atoms with Gasteiger partial charge in [0.05, 0.1) is 78.0 Å². The van der Waals surface area contributed by atoms with Crippen LogP contribution in [0.1, 0.15) is 108 Å². The van der Waals surface area contributed by atoms with Gasteiger partial charge in [-0.1, -0.05) is 19.9 Å². The number of amides is 2. The van der Waals surface area contributed by atoms with Crippen LogP contribution in [-0.4, -0.2) is 183 Å². The van der Waals surface area contributed by atoms with Crippen molar-refractivity contribution in [3.05, 3.63) is 52.1 Å². The molecule has 2 amide bonds. The van der Waals surface area contributed by atoms with Crippen molar-refractivity contribution < 1.29 is 46.5 Å². The number of ether oxygens (including phenoxy) is 5. The van der Waals surface area contributed by atoms with Crippen LogP contribution in [0.3, 0.4) is 0 Å². The Morgan fingerprint density at radius 2 is 1.77 bits per heavy atom. The number of esters is 1. The summed E-state index contributed by atoms with van der Waals surface area (Å²) >= 11 is 1.42. The van der Waals surface area contributed by atoms with Crippen molar-refractivity contribution in [2.75, 3.05) is 96.3 Å². The van der Waals surface area contributed by atoms with E-state index in [1.165, 1.54) is 29.2 Å². The fourth-order valence-electron chi connectivity index (χ4n) is 13.8. The van der Waals surface area contributed by atoms with Crippen molar-refractivity contribution in [3.63, 3.8) is 0 Å². The van der Waals surface area contributed by atoms with Gasteiger partial charge in [0, 0.05) is 117 Å². The number of piperazine rings is 1. The Labute approximate surface area is 468 Å². The third kappa shape index (κ3) is 10.7. The summed E-state index contributed by atoms with van der Waals surface area (Å²) in [5, 5.41) is 8.34. The molecule has 1 spiro atoms. The smallest absolute Gasteiger partial charge is 0.324 e. The van der Waals surface area contributed by atoms with Gasteiger partial charge in [0.25, 0.3) is 11.8 Å². The molecule has 19 nitrogen and oxygen atoms in total. The van der Waals surface area contributed by atoms with Gasteiger partial charge in [-0.25, -0.2) is 18.8 Å². The molecule has 4 aromatic rings. The van der Waals surface area contributed by atoms with Crippen LogP contribution in [0.2, 0.25) is 0 Å². The quantitative estimate of drug-likeness (QED) is 0.137. The highest BCUT2D eigenvalue weighted by Crippen LogP contribution is 2.53. The molecule has 6 atom stereocenters. The molecule has 8 bridgehead atoms. The van der Waals surface area contributed by atoms with E-state index in [1.54, 1.807) is 14.2 Å². The molecule has 1 unspecified atom stereocenters. The number of thiazole rings is 1. The Bertz CT molecular complexity index is 3070. The molecule has 2 saturated carbocycles. The number of methoxy groups -OCH3 is 2. The summed E-state index contributed by atoms with van der Waals surface area (Å²) in [5.74, 6) is -0.794. The Kier molecular flexibility index (Phi) is 14.8. The number of hydrazine groups is 1. The maximum Gasteiger partial charge on any atom is 0.324 e. The summed E-state index contributed by atoms with van der Waals surface area (Å²) < 4.78 is 58.4. The number of rotatable bonds is 15. The number of hydrogen-bond donors (Lipinski definition) is 2. The number of sulfone groups is 1. The van der Waals surface area contributed by atoms with Gasteiger partial charge in [0.15, 0.2) is 9.84 Å². The normalized spacial score (nSPS) is 29.3. The molecule has 3 aromatic heterocycles. The number of benzene rings is 1. The van der Waals surface area contributed by atoms with Gasteiger partial charge in [-0.2, -0.15) is 0 Å². The lowest BCUT2D eigenvalue weighted by Gasteiger charge is -2.57. The van der Waals surface area contributed by atoms with Gasteiger partial charge in [-0.05, 0) is 102 Å². The molecule has 7 aliphatic heterocycles. The lowest BCUT2D eigenvalue weighted by atomic mass is 9.72. The second-order valence-electron chi connectivity index (χ2n) is 25.1. The topological polar surface area (TPSA) is 199 Å². The molecule has 6 saturated heterocycles. The molecule has 13 rings (SSSR count). The zero-order valence-electron chi connectivity index (χ0n) is 47.0. The second-order valence-corrected chi connectivity index (χ2v) is 28.0. The van der Waals surface area contributed by atoms with Gasteiger partial charge in [-0.15, -0.1) is 11.3 Å². The summed E-state index contributed by atoms with van der Waals surface area (Å²) in [6, 6.07) is 6.75. The molecule has 8 fully saturated rings. The Balaban J connectivity index is 1.00. The van der Waals surface area contributed by atoms with Gasteiger partial charge in [0.2, 0.25) is 0 Å². The number of fused-ring (bicyclic) bond motifs is 7. The first-order valence-corrected chi connectivity index (χ1v) is 31.5. The predicted octanol–water partition coefficient (Wildman–Crippen LogP) is 5.71. The van der Waals surface area contributed by atoms with Gasteiger partial charge in [-0.3, -0.25) is 34.2 Å². The van der Waals surface area contributed by atoms with Crippen LogP contribution in [-0.2, 0) is 60.9 Å². The molecule has 0 radical (unpaired) electrons. The number of carbonyl (C=O) groups is 3. The van der Waals surface area contributed by atoms with E-state index in [4.69, 9.17) is 33.7 Å². The van der Waals surface area contributed by atoms with Crippen LogP contribution in [0.15, 0.2) is 35.8 Å². The fourth-order valence-corrected chi connectivity index (χ4v) is 17.0. The van der Waals surface area contributed by atoms with Crippen molar-refractivity contribution in [3.8, 4) is 22.5 Å². The van der Waals surface area contributed by atoms with Crippen molar-refractivity contribution >= 4 is 55.5 Å². The highest BCUT2D eigenvalue weighted by atomic mass is 32.2. The SMILES string of the molecule is COCCC(C)OCCn1c(-c2cc(N3CCN(C4CC4)CC3)cnc2[C@H](C)OC)c2c3cc(ccc31)-c1csc(n1)[C@@H](N1CC3(C1)CS(=O)(=O)C3)[C@H](NC(=O)C13CC(C1)[C@H](C)O3)C(=O)N1CCC[C@H](N1)C(=O)OCC(C)(C)C2. The minimum absolute atomic E-state index is 0.0329. The summed E-state index contributed by atoms with van der Waals surface area (Å²) in [6.07, 6.45) is 7.50. The maximum absolute atomic E-state index is 15.4. The summed E-state index contributed by atoms with van der Waals surface area (Å²) in [5.41, 5.74) is 8.68. The number of likely N-dealkylation sites (tertiary alicyclic amines) is 1. The zero-order chi connectivity index (χ0) is 55.2. The number of pyridine rings is 1. The Morgan fingerprint density at radius 1 is 1.00 bits per heavy atom. The summed E-state index contributed by atoms with van der Waals surface area (Å²) in [7, 11) is 0.264. The number of nitrogens with zero attached hydrogens (tertiary/aromatic N) is 7. The molecule has 1 aromatic carbocycles. The third-order valence-electron chi connectivity index (χ3n) is 18.4. The molecule has 9 aliphatic rings. The highest BCUT2D eigenvalue weighted by Gasteiger charge is 2.63. The molecular weight excluding hydrogens is 1050 g/mol. The fraction of sp³-hybridized carbons (Fsp3) is 0.672. The molecule has 10 heterocycles. The van der Waals surface area contributed by atoms with Crippen LogP contribution in [0.4, 0.5) is 5.69 Å². The van der Waals surface area contributed by atoms with E-state index in [0.717, 1.165) is 77.3 Å². The predicted molar refractivity (Wildman–Crippen MR) is 300 cm³/mol. The van der Waals surface area contributed by atoms with Crippen LogP contribution in [0, 0.1) is 16.7 Å². The standard InChI is InChI=1S/C58H79N9O10S2/c1-35(14-21-73-6)75-22-20-66-47-13-10-38-23-42(47)44(50(66)43-24-41(28-59-48(43)37(3)74-7)64-18-16-63(17-19-64)40-11-12-40)27-56(4,5)32-76-54(69)45-9-8-15-67(62-45)53(68)49(61-55(70)58-25-39(26-58)36(2)77-58)51(52-60-46(38)29-78-52)65-30-57(31-65)33-79(71,72)34-57/h10,13,23-24,28-29,35-37,39-40,45,49,51,62H,8-9,11-12,14-22,25-27,30-34H2,1-7H3,(H,61,70)/t35?,36-,37-,39?,45-,49-,51-,58?/m0/s1. The first kappa shape index (κ1) is 55.0. The van der Waals surface area contributed by atoms with E-state index < -0.39 is 56.3 Å². The van der Waals surface area contributed by atoms with Crippen LogP contribution < -0.4 is 15.6 Å². The molecule has 428 valence electrons. The number of nitrogens with one attached hydrogen (secondary N) is 2. The second kappa shape index (κ2) is 21.3. The maximum atomic E-state index is 15.4. The monoisotopic (exact) mass is 1130 g/mol. The Morgan fingerprint density at radius 3 is 2.47 bits per heavy atom. The number of hydrogen-bond acceptors (Lipinski definition) is 17. The highest BCUT2D eigenvalue weighted by molar-refractivity contribution is 7.92. The lowest BCUT2D eigenvalue weighted by Crippen LogP contribution is -2.72. The van der Waals surface area contributed by atoms with E-state index in [9.17, 15) is 18.0 Å². The number of cyclic esters (lactones) is 1. The minimum atomic E-state index is -3.16. The van der Waals surface area contributed by atoms with E-state index in [2.05, 4.69) is 75.0 Å². The number of aromatic nitrogens is 3. The van der Waals surface area contributed by atoms with E-state index >= 15 is 4.79 Å². The molecule has 79 heavy (non-hydrogen) atoms. The number of carbonyl (C=O) groups excluding carboxylic acids is 3. The van der Waals surface area contributed by atoms with Gasteiger partial charge in [0.1, 0.15) is 22.7 Å². The average Bonchev–Trinajstić information content (AvgIpc) is 3.69. The largest absolute Gasteiger partial charge is 0.464 e. The third-order valence-corrected chi connectivity index (χ3v) is 21.4. The molecule has 2 aliphatic carbocycles. The molecule has 21 heteroatoms. The van der Waals surface area contributed by atoms with Crippen molar-refractivity contribution in [2.24, 2.45) is 16.7 Å². The van der Waals surface area contributed by atoms with Crippen molar-refractivity contribution in [2.45, 2.75) is 141 Å². The Hall–Kier alpha value is -4.58. The van der Waals surface area contributed by atoms with Gasteiger partial charge < -0.3 is 38.5 Å². The first-order chi connectivity index (χ1) is 37.8. The van der Waals surface area contributed by atoms with Crippen LogP contribution in [0.5, 0.6) is 0 Å². The average molecular weight is 1130 g/mol. The number of anilines is 1. The summed E-state index contributed by atoms with van der Waals surface area (Å²) in [4.78, 5) is 62.3. The zero-order valence-corrected chi connectivity index (χ0v) is 48.6.